The van der Waals surface area contributed by atoms with Crippen molar-refractivity contribution in [2.45, 2.75) is 34.8 Å². The van der Waals surface area contributed by atoms with E-state index in [1.165, 1.54) is 22.9 Å². The molecule has 3 nitrogen and oxygen atoms in total. The highest BCUT2D eigenvalue weighted by atomic mass is 32.2. The summed E-state index contributed by atoms with van der Waals surface area (Å²) in [5, 5.41) is 7.37. The van der Waals surface area contributed by atoms with Crippen LogP contribution in [0.4, 0.5) is 13.2 Å². The highest BCUT2D eigenvalue weighted by molar-refractivity contribution is 8.01. The number of alkyl halides is 3. The molecule has 0 spiro atoms. The van der Waals surface area contributed by atoms with Crippen LogP contribution in [-0.4, -0.2) is 16.2 Å². The van der Waals surface area contributed by atoms with Gasteiger partial charge in [0.05, 0.1) is 5.56 Å². The second-order valence-corrected chi connectivity index (χ2v) is 6.44. The van der Waals surface area contributed by atoms with Gasteiger partial charge in [0.2, 0.25) is 0 Å². The van der Waals surface area contributed by atoms with Gasteiger partial charge in [-0.3, -0.25) is 0 Å². The molecule has 0 saturated carbocycles. The Hall–Kier alpha value is -1.12. The fraction of sp³-hybridized carbons (Fsp3) is 0.333. The summed E-state index contributed by atoms with van der Waals surface area (Å²) in [7, 11) is 0. The van der Waals surface area contributed by atoms with Gasteiger partial charge in [0.1, 0.15) is 5.51 Å². The molecule has 0 aliphatic heterocycles. The number of aromatic nitrogens is 2. The Morgan fingerprint density at radius 2 is 2.15 bits per heavy atom. The summed E-state index contributed by atoms with van der Waals surface area (Å²) in [4.78, 5) is 0.127. The highest BCUT2D eigenvalue weighted by Gasteiger charge is 2.34. The average Bonchev–Trinajstić information content (AvgIpc) is 2.82. The second kappa shape index (κ2) is 6.11. The first-order chi connectivity index (χ1) is 9.36. The van der Waals surface area contributed by atoms with Gasteiger partial charge in [0.25, 0.3) is 0 Å². The molecule has 0 radical (unpaired) electrons. The van der Waals surface area contributed by atoms with E-state index in [9.17, 15) is 13.2 Å². The number of hydrogen-bond donors (Lipinski definition) is 1. The maximum atomic E-state index is 13.1. The van der Waals surface area contributed by atoms with Crippen molar-refractivity contribution < 1.29 is 13.2 Å². The van der Waals surface area contributed by atoms with E-state index >= 15 is 0 Å². The second-order valence-electron chi connectivity index (χ2n) is 4.32. The van der Waals surface area contributed by atoms with Gasteiger partial charge in [-0.05, 0) is 31.0 Å². The van der Waals surface area contributed by atoms with E-state index in [1.807, 2.05) is 0 Å². The van der Waals surface area contributed by atoms with Gasteiger partial charge < -0.3 is 5.73 Å². The Bertz CT molecular complexity index is 568. The number of nitrogens with two attached hydrogens (primary N) is 1. The van der Waals surface area contributed by atoms with Gasteiger partial charge in [0, 0.05) is 10.9 Å². The van der Waals surface area contributed by atoms with Gasteiger partial charge in [-0.25, -0.2) is 0 Å². The molecule has 2 N–H and O–H groups in total. The van der Waals surface area contributed by atoms with Crippen LogP contribution in [0, 0.1) is 0 Å². The lowest BCUT2D eigenvalue weighted by molar-refractivity contribution is -0.139. The van der Waals surface area contributed by atoms with Crippen molar-refractivity contribution in [3.05, 3.63) is 34.8 Å². The van der Waals surface area contributed by atoms with Crippen molar-refractivity contribution in [1.29, 1.82) is 0 Å². The van der Waals surface area contributed by atoms with Gasteiger partial charge in [-0.2, -0.15) is 13.2 Å². The summed E-state index contributed by atoms with van der Waals surface area (Å²) in [6.07, 6.45) is -3.99. The molecule has 1 aromatic heterocycles. The van der Waals surface area contributed by atoms with E-state index < -0.39 is 11.7 Å². The Balaban J connectivity index is 2.35. The largest absolute Gasteiger partial charge is 0.417 e. The van der Waals surface area contributed by atoms with Crippen LogP contribution < -0.4 is 5.73 Å². The van der Waals surface area contributed by atoms with Crippen LogP contribution in [0.25, 0.3) is 0 Å². The standard InChI is InChI=1S/C12H12F3N3S2/c1-7(16)4-8-2-3-10(9(5-8)12(13,14)15)20-11-18-17-6-19-11/h2-3,5-7H,4,16H2,1H3. The van der Waals surface area contributed by atoms with Crippen LogP contribution in [0.1, 0.15) is 18.1 Å². The summed E-state index contributed by atoms with van der Waals surface area (Å²) in [6.45, 7) is 1.76. The Morgan fingerprint density at radius 1 is 1.40 bits per heavy atom. The van der Waals surface area contributed by atoms with E-state index in [4.69, 9.17) is 5.73 Å². The first-order valence-electron chi connectivity index (χ1n) is 5.76. The molecule has 0 bridgehead atoms. The summed E-state index contributed by atoms with van der Waals surface area (Å²) in [6, 6.07) is 4.11. The minimum atomic E-state index is -4.40. The first-order valence-corrected chi connectivity index (χ1v) is 7.45. The molecule has 1 unspecified atom stereocenters. The van der Waals surface area contributed by atoms with Crippen molar-refractivity contribution in [1.82, 2.24) is 10.2 Å². The molecular formula is C12H12F3N3S2. The Kier molecular flexibility index (Phi) is 4.66. The molecular weight excluding hydrogens is 307 g/mol. The SMILES string of the molecule is CC(N)Cc1ccc(Sc2nncs2)c(C(F)(F)F)c1. The highest BCUT2D eigenvalue weighted by Crippen LogP contribution is 2.40. The zero-order valence-electron chi connectivity index (χ0n) is 10.5. The minimum absolute atomic E-state index is 0.127. The molecule has 1 aromatic carbocycles. The van der Waals surface area contributed by atoms with Gasteiger partial charge in [-0.15, -0.1) is 10.2 Å². The monoisotopic (exact) mass is 319 g/mol. The topological polar surface area (TPSA) is 51.8 Å². The van der Waals surface area contributed by atoms with E-state index in [2.05, 4.69) is 10.2 Å². The lowest BCUT2D eigenvalue weighted by atomic mass is 10.0. The van der Waals surface area contributed by atoms with Gasteiger partial charge in [0.15, 0.2) is 4.34 Å². The van der Waals surface area contributed by atoms with E-state index in [-0.39, 0.29) is 10.9 Å². The van der Waals surface area contributed by atoms with Crippen LogP contribution in [0.3, 0.4) is 0 Å². The van der Waals surface area contributed by atoms with Crippen LogP contribution in [0.15, 0.2) is 32.9 Å². The maximum Gasteiger partial charge on any atom is 0.417 e. The first kappa shape index (κ1) is 15.3. The summed E-state index contributed by atoms with van der Waals surface area (Å²) >= 11 is 2.17. The zero-order valence-corrected chi connectivity index (χ0v) is 12.1. The fourth-order valence-corrected chi connectivity index (χ4v) is 3.25. The number of nitrogens with zero attached hydrogens (tertiary/aromatic N) is 2. The van der Waals surface area contributed by atoms with Crippen molar-refractivity contribution >= 4 is 23.1 Å². The zero-order chi connectivity index (χ0) is 14.8. The minimum Gasteiger partial charge on any atom is -0.328 e. The summed E-state index contributed by atoms with van der Waals surface area (Å²) in [5.74, 6) is 0. The molecule has 1 atom stereocenters. The van der Waals surface area contributed by atoms with Crippen LogP contribution >= 0.6 is 23.1 Å². The molecule has 0 saturated heterocycles. The third-order valence-corrected chi connectivity index (χ3v) is 4.30. The van der Waals surface area contributed by atoms with Crippen LogP contribution in [-0.2, 0) is 12.6 Å². The number of rotatable bonds is 4. The molecule has 0 amide bonds. The quantitative estimate of drug-likeness (QED) is 0.935. The molecule has 8 heteroatoms. The third kappa shape index (κ3) is 3.94. The molecule has 0 aliphatic rings. The van der Waals surface area contributed by atoms with E-state index in [1.54, 1.807) is 13.0 Å². The smallest absolute Gasteiger partial charge is 0.328 e. The van der Waals surface area contributed by atoms with Gasteiger partial charge >= 0.3 is 6.18 Å². The van der Waals surface area contributed by atoms with Gasteiger partial charge in [-0.1, -0.05) is 29.2 Å². The van der Waals surface area contributed by atoms with E-state index in [0.29, 0.717) is 16.3 Å². The molecule has 1 heterocycles. The van der Waals surface area contributed by atoms with Crippen molar-refractivity contribution in [3.63, 3.8) is 0 Å². The lowest BCUT2D eigenvalue weighted by Gasteiger charge is -2.14. The predicted octanol–water partition coefficient (Wildman–Crippen LogP) is 3.60. The fourth-order valence-electron chi connectivity index (χ4n) is 1.69. The summed E-state index contributed by atoms with van der Waals surface area (Å²) in [5.41, 5.74) is 7.04. The molecule has 20 heavy (non-hydrogen) atoms. The molecule has 2 aromatic rings. The van der Waals surface area contributed by atoms with Crippen LogP contribution in [0.5, 0.6) is 0 Å². The normalized spacial score (nSPS) is 13.4. The molecule has 2 rings (SSSR count). The van der Waals surface area contributed by atoms with Crippen LogP contribution in [0.2, 0.25) is 0 Å². The Morgan fingerprint density at radius 3 is 2.70 bits per heavy atom. The van der Waals surface area contributed by atoms with Crippen molar-refractivity contribution in [2.75, 3.05) is 0 Å². The maximum absolute atomic E-state index is 13.1. The third-order valence-electron chi connectivity index (χ3n) is 2.44. The lowest BCUT2D eigenvalue weighted by Crippen LogP contribution is -2.18. The average molecular weight is 319 g/mol. The Labute approximate surface area is 122 Å². The number of hydrogen-bond acceptors (Lipinski definition) is 5. The van der Waals surface area contributed by atoms with Crippen molar-refractivity contribution in [2.24, 2.45) is 5.73 Å². The molecule has 108 valence electrons. The summed E-state index contributed by atoms with van der Waals surface area (Å²) < 4.78 is 39.8. The number of benzene rings is 1. The van der Waals surface area contributed by atoms with E-state index in [0.717, 1.165) is 17.8 Å². The molecule has 0 aliphatic carbocycles. The number of halogens is 3. The predicted molar refractivity (Wildman–Crippen MR) is 72.8 cm³/mol. The van der Waals surface area contributed by atoms with Crippen molar-refractivity contribution in [3.8, 4) is 0 Å². The molecule has 0 fully saturated rings.